The molecule has 0 aromatic heterocycles. The molecule has 2 nitrogen and oxygen atoms in total. The Balaban J connectivity index is 1.75. The lowest BCUT2D eigenvalue weighted by atomic mass is 9.75. The van der Waals surface area contributed by atoms with E-state index in [1.807, 2.05) is 0 Å². The van der Waals surface area contributed by atoms with Crippen LogP contribution in [0.15, 0.2) is 42.5 Å². The molecule has 0 bridgehead atoms. The third-order valence-electron chi connectivity index (χ3n) is 5.19. The number of hydrogen-bond acceptors (Lipinski definition) is 2. The third kappa shape index (κ3) is 2.80. The Kier molecular flexibility index (Phi) is 3.82. The maximum Gasteiger partial charge on any atom is 0.458 e. The van der Waals surface area contributed by atoms with Crippen LogP contribution in [-0.2, 0) is 9.31 Å². The first kappa shape index (κ1) is 15.6. The summed E-state index contributed by atoms with van der Waals surface area (Å²) < 4.78 is 12.2. The van der Waals surface area contributed by atoms with Crippen molar-refractivity contribution in [2.75, 3.05) is 0 Å². The van der Waals surface area contributed by atoms with Gasteiger partial charge in [0.1, 0.15) is 0 Å². The third-order valence-corrected chi connectivity index (χ3v) is 5.19. The molecule has 0 aliphatic carbocycles. The van der Waals surface area contributed by atoms with Crippen LogP contribution in [0.2, 0.25) is 6.32 Å². The van der Waals surface area contributed by atoms with Gasteiger partial charge in [0.25, 0.3) is 0 Å². The van der Waals surface area contributed by atoms with Crippen LogP contribution in [0.4, 0.5) is 0 Å². The maximum absolute atomic E-state index is 6.12. The first-order valence-corrected chi connectivity index (χ1v) is 8.13. The van der Waals surface area contributed by atoms with Crippen LogP contribution in [0.3, 0.4) is 0 Å². The van der Waals surface area contributed by atoms with Crippen molar-refractivity contribution in [1.82, 2.24) is 0 Å². The molecule has 3 rings (SSSR count). The molecule has 0 N–H and O–H groups in total. The van der Waals surface area contributed by atoms with E-state index in [2.05, 4.69) is 77.1 Å². The van der Waals surface area contributed by atoms with Gasteiger partial charge in [0.05, 0.1) is 11.2 Å². The summed E-state index contributed by atoms with van der Waals surface area (Å²) in [6, 6.07) is 15.2. The molecular formula is C19H25BO2. The Morgan fingerprint density at radius 2 is 1.50 bits per heavy atom. The Morgan fingerprint density at radius 1 is 0.909 bits per heavy atom. The van der Waals surface area contributed by atoms with E-state index in [4.69, 9.17) is 9.31 Å². The van der Waals surface area contributed by atoms with Crippen LogP contribution in [0.1, 0.15) is 46.1 Å². The van der Waals surface area contributed by atoms with Crippen LogP contribution >= 0.6 is 0 Å². The molecule has 0 spiro atoms. The molecule has 1 heterocycles. The number of fused-ring (bicyclic) bond motifs is 1. The predicted octanol–water partition coefficient (Wildman–Crippen LogP) is 5.04. The number of hydrogen-bond donors (Lipinski definition) is 0. The standard InChI is InChI=1S/C19H25BO2/c1-14(13-20-21-18(2,3)19(4,5)22-20)16-11-10-15-8-6-7-9-17(15)12-16/h6-12,14H,13H2,1-5H3. The second-order valence-corrected chi connectivity index (χ2v) is 7.43. The molecule has 0 radical (unpaired) electrons. The Morgan fingerprint density at radius 3 is 2.14 bits per heavy atom. The van der Waals surface area contributed by atoms with E-state index in [1.165, 1.54) is 16.3 Å². The van der Waals surface area contributed by atoms with Gasteiger partial charge in [0, 0.05) is 0 Å². The van der Waals surface area contributed by atoms with E-state index >= 15 is 0 Å². The van der Waals surface area contributed by atoms with E-state index in [9.17, 15) is 0 Å². The zero-order chi connectivity index (χ0) is 16.0. The first-order valence-electron chi connectivity index (χ1n) is 8.13. The summed E-state index contributed by atoms with van der Waals surface area (Å²) >= 11 is 0. The van der Waals surface area contributed by atoms with Crippen molar-refractivity contribution in [2.45, 2.75) is 58.1 Å². The van der Waals surface area contributed by atoms with E-state index < -0.39 is 0 Å². The lowest BCUT2D eigenvalue weighted by molar-refractivity contribution is 0.00578. The highest BCUT2D eigenvalue weighted by Gasteiger charge is 2.51. The summed E-state index contributed by atoms with van der Waals surface area (Å²) in [7, 11) is -0.133. The van der Waals surface area contributed by atoms with Gasteiger partial charge in [-0.25, -0.2) is 0 Å². The monoisotopic (exact) mass is 296 g/mol. The highest BCUT2D eigenvalue weighted by molar-refractivity contribution is 6.45. The summed E-state index contributed by atoms with van der Waals surface area (Å²) in [5.74, 6) is 0.402. The van der Waals surface area contributed by atoms with E-state index in [-0.39, 0.29) is 18.3 Å². The van der Waals surface area contributed by atoms with Crippen LogP contribution in [-0.4, -0.2) is 18.3 Å². The molecule has 22 heavy (non-hydrogen) atoms. The van der Waals surface area contributed by atoms with Gasteiger partial charge in [-0.1, -0.05) is 49.4 Å². The van der Waals surface area contributed by atoms with Crippen molar-refractivity contribution in [3.8, 4) is 0 Å². The highest BCUT2D eigenvalue weighted by Crippen LogP contribution is 2.39. The predicted molar refractivity (Wildman–Crippen MR) is 93.3 cm³/mol. The minimum absolute atomic E-state index is 0.133. The van der Waals surface area contributed by atoms with Crippen LogP contribution in [0, 0.1) is 0 Å². The molecule has 1 atom stereocenters. The summed E-state index contributed by atoms with van der Waals surface area (Å²) in [4.78, 5) is 0. The van der Waals surface area contributed by atoms with Crippen molar-refractivity contribution >= 4 is 17.9 Å². The van der Waals surface area contributed by atoms with Crippen molar-refractivity contribution in [3.63, 3.8) is 0 Å². The Hall–Kier alpha value is -1.32. The SMILES string of the molecule is CC(CB1OC(C)(C)C(C)(C)O1)c1ccc2ccccc2c1. The van der Waals surface area contributed by atoms with Crippen LogP contribution < -0.4 is 0 Å². The molecule has 3 heteroatoms. The molecule has 116 valence electrons. The second kappa shape index (κ2) is 5.40. The van der Waals surface area contributed by atoms with Crippen molar-refractivity contribution in [2.24, 2.45) is 0 Å². The average Bonchev–Trinajstić information content (AvgIpc) is 2.65. The minimum Gasteiger partial charge on any atom is -0.403 e. The number of rotatable bonds is 3. The van der Waals surface area contributed by atoms with Crippen LogP contribution in [0.5, 0.6) is 0 Å². The number of benzene rings is 2. The largest absolute Gasteiger partial charge is 0.458 e. The summed E-state index contributed by atoms with van der Waals surface area (Å²) in [5, 5.41) is 2.58. The van der Waals surface area contributed by atoms with Crippen molar-refractivity contribution in [1.29, 1.82) is 0 Å². The average molecular weight is 296 g/mol. The van der Waals surface area contributed by atoms with E-state index in [1.54, 1.807) is 0 Å². The van der Waals surface area contributed by atoms with Gasteiger partial charge in [-0.3, -0.25) is 0 Å². The fraction of sp³-hybridized carbons (Fsp3) is 0.474. The van der Waals surface area contributed by atoms with Crippen molar-refractivity contribution < 1.29 is 9.31 Å². The molecule has 2 aromatic rings. The summed E-state index contributed by atoms with van der Waals surface area (Å²) in [6.45, 7) is 10.7. The van der Waals surface area contributed by atoms with E-state index in [0.717, 1.165) is 6.32 Å². The fourth-order valence-corrected chi connectivity index (χ4v) is 3.00. The molecule has 0 saturated carbocycles. The Bertz CT molecular complexity index is 662. The Labute approximate surface area is 134 Å². The normalized spacial score (nSPS) is 21.2. The van der Waals surface area contributed by atoms with Gasteiger partial charge in [0.15, 0.2) is 0 Å². The fourth-order valence-electron chi connectivity index (χ4n) is 3.00. The molecule has 1 aliphatic heterocycles. The van der Waals surface area contributed by atoms with Gasteiger partial charge in [-0.15, -0.1) is 0 Å². The van der Waals surface area contributed by atoms with Gasteiger partial charge in [-0.05, 0) is 56.3 Å². The molecule has 1 aliphatic rings. The lowest BCUT2D eigenvalue weighted by Gasteiger charge is -2.32. The zero-order valence-electron chi connectivity index (χ0n) is 14.2. The molecule has 2 aromatic carbocycles. The molecule has 0 amide bonds. The van der Waals surface area contributed by atoms with Gasteiger partial charge >= 0.3 is 7.12 Å². The van der Waals surface area contributed by atoms with Gasteiger partial charge in [0.2, 0.25) is 0 Å². The minimum atomic E-state index is -0.249. The second-order valence-electron chi connectivity index (χ2n) is 7.43. The maximum atomic E-state index is 6.12. The topological polar surface area (TPSA) is 18.5 Å². The zero-order valence-corrected chi connectivity index (χ0v) is 14.2. The van der Waals surface area contributed by atoms with Gasteiger partial charge in [-0.2, -0.15) is 0 Å². The molecular weight excluding hydrogens is 271 g/mol. The molecule has 1 saturated heterocycles. The van der Waals surface area contributed by atoms with Gasteiger partial charge < -0.3 is 9.31 Å². The van der Waals surface area contributed by atoms with E-state index in [0.29, 0.717) is 5.92 Å². The lowest BCUT2D eigenvalue weighted by Crippen LogP contribution is -2.41. The van der Waals surface area contributed by atoms with Crippen LogP contribution in [0.25, 0.3) is 10.8 Å². The van der Waals surface area contributed by atoms with Crippen molar-refractivity contribution in [3.05, 3.63) is 48.0 Å². The summed E-state index contributed by atoms with van der Waals surface area (Å²) in [5.41, 5.74) is 0.843. The molecule has 1 fully saturated rings. The highest BCUT2D eigenvalue weighted by atomic mass is 16.7. The smallest absolute Gasteiger partial charge is 0.403 e. The molecule has 1 unspecified atom stereocenters. The summed E-state index contributed by atoms with van der Waals surface area (Å²) in [6.07, 6.45) is 0.880. The quantitative estimate of drug-likeness (QED) is 0.739. The first-order chi connectivity index (χ1) is 10.3.